The quantitative estimate of drug-likeness (QED) is 0.160. The number of benzene rings is 2. The predicted molar refractivity (Wildman–Crippen MR) is 147 cm³/mol. The van der Waals surface area contributed by atoms with E-state index in [-0.39, 0.29) is 23.8 Å². The molecule has 40 heavy (non-hydrogen) atoms. The van der Waals surface area contributed by atoms with Crippen molar-refractivity contribution < 1.29 is 38.3 Å². The Labute approximate surface area is 234 Å². The van der Waals surface area contributed by atoms with Crippen LogP contribution < -0.4 is 5.32 Å². The Kier molecular flexibility index (Phi) is 6.78. The standard InChI is InChI=1S/C27H21N3O8S2/c1-36-29-21(16-5-3-9-37-16)24(32)28-22-25(33)30-23(27(34)35)19(12-39-26(22)30)40-18-6-2-4-15-20(18)14-8-7-13(11-31)10-17(14)38-15/h2-10,22,26,31H,11-12H2,1H3,(H,28,32)(H,34,35)/b29-21-/t22-,26-/m1/s1. The molecule has 0 saturated carbocycles. The minimum absolute atomic E-state index is 0.115. The number of oxime groups is 1. The van der Waals surface area contributed by atoms with Crippen molar-refractivity contribution >= 4 is 69.0 Å². The molecular weight excluding hydrogens is 558 g/mol. The number of aliphatic carboxylic acids is 1. The fourth-order valence-corrected chi connectivity index (χ4v) is 7.38. The molecule has 2 aliphatic rings. The summed E-state index contributed by atoms with van der Waals surface area (Å²) < 4.78 is 11.2. The average Bonchev–Trinajstić information content (AvgIpc) is 3.62. The van der Waals surface area contributed by atoms with Crippen LogP contribution in [-0.4, -0.2) is 62.9 Å². The number of hydrogen-bond donors (Lipinski definition) is 3. The summed E-state index contributed by atoms with van der Waals surface area (Å²) in [7, 11) is 1.28. The molecule has 4 heterocycles. The third-order valence-electron chi connectivity index (χ3n) is 6.51. The molecule has 0 spiro atoms. The number of nitrogens with zero attached hydrogens (tertiary/aromatic N) is 2. The van der Waals surface area contributed by atoms with Gasteiger partial charge in [-0.15, -0.1) is 11.8 Å². The van der Waals surface area contributed by atoms with Gasteiger partial charge in [0.2, 0.25) is 5.71 Å². The van der Waals surface area contributed by atoms with Crippen LogP contribution in [0.4, 0.5) is 0 Å². The molecule has 1 fully saturated rings. The summed E-state index contributed by atoms with van der Waals surface area (Å²) in [6, 6.07) is 13.1. The number of aliphatic hydroxyl groups excluding tert-OH is 1. The molecular formula is C27H21N3O8S2. The van der Waals surface area contributed by atoms with E-state index >= 15 is 0 Å². The Morgan fingerprint density at radius 1 is 1.23 bits per heavy atom. The second-order valence-corrected chi connectivity index (χ2v) is 11.1. The Balaban J connectivity index is 1.29. The second-order valence-electron chi connectivity index (χ2n) is 8.86. The van der Waals surface area contributed by atoms with Crippen molar-refractivity contribution in [3.63, 3.8) is 0 Å². The van der Waals surface area contributed by atoms with Gasteiger partial charge in [-0.3, -0.25) is 14.5 Å². The Morgan fingerprint density at radius 3 is 2.80 bits per heavy atom. The van der Waals surface area contributed by atoms with E-state index in [0.717, 1.165) is 15.7 Å². The highest BCUT2D eigenvalue weighted by Crippen LogP contribution is 2.47. The minimum Gasteiger partial charge on any atom is -0.477 e. The number of thioether (sulfide) groups is 2. The maximum Gasteiger partial charge on any atom is 0.353 e. The number of aliphatic hydroxyl groups is 1. The number of nitrogens with one attached hydrogen (secondary N) is 1. The van der Waals surface area contributed by atoms with Crippen molar-refractivity contribution in [1.82, 2.24) is 10.2 Å². The fraction of sp³-hybridized carbons (Fsp3) is 0.185. The maximum atomic E-state index is 13.2. The Bertz CT molecular complexity index is 1730. The average molecular weight is 580 g/mol. The molecule has 0 unspecified atom stereocenters. The molecule has 0 bridgehead atoms. The summed E-state index contributed by atoms with van der Waals surface area (Å²) in [5.74, 6) is -1.98. The van der Waals surface area contributed by atoms with Gasteiger partial charge in [-0.25, -0.2) is 4.79 Å². The number of β-lactam (4-membered cyclic amide) rings is 1. The number of carbonyl (C=O) groups is 3. The van der Waals surface area contributed by atoms with Crippen molar-refractivity contribution in [2.24, 2.45) is 5.16 Å². The second kappa shape index (κ2) is 10.4. The molecule has 11 nitrogen and oxygen atoms in total. The molecule has 2 atom stereocenters. The SMILES string of the molecule is CO/N=C(\C(=O)N[C@@H]1C(=O)N2C(C(=O)O)=C(Sc3cccc4oc5cc(CO)ccc5c34)CS[C@H]12)c1ccco1. The number of carbonyl (C=O) groups excluding carboxylic acids is 2. The highest BCUT2D eigenvalue weighted by atomic mass is 32.2. The summed E-state index contributed by atoms with van der Waals surface area (Å²) in [4.78, 5) is 45.7. The zero-order valence-electron chi connectivity index (χ0n) is 20.8. The zero-order valence-corrected chi connectivity index (χ0v) is 22.5. The molecule has 2 aromatic heterocycles. The number of rotatable bonds is 8. The lowest BCUT2D eigenvalue weighted by atomic mass is 10.0. The smallest absolute Gasteiger partial charge is 0.353 e. The molecule has 0 radical (unpaired) electrons. The summed E-state index contributed by atoms with van der Waals surface area (Å²) in [5.41, 5.74) is 1.70. The van der Waals surface area contributed by atoms with Gasteiger partial charge < -0.3 is 29.2 Å². The zero-order chi connectivity index (χ0) is 28.0. The van der Waals surface area contributed by atoms with Crippen LogP contribution in [0.2, 0.25) is 0 Å². The van der Waals surface area contributed by atoms with E-state index in [1.54, 1.807) is 12.1 Å². The Hall–Kier alpha value is -4.20. The summed E-state index contributed by atoms with van der Waals surface area (Å²) in [6.45, 7) is -0.115. The first-order valence-corrected chi connectivity index (χ1v) is 13.9. The van der Waals surface area contributed by atoms with E-state index < -0.39 is 29.2 Å². The van der Waals surface area contributed by atoms with Gasteiger partial charge in [-0.05, 0) is 35.9 Å². The highest BCUT2D eigenvalue weighted by Gasteiger charge is 2.54. The molecule has 13 heteroatoms. The number of carboxylic acid groups (broad SMARTS) is 1. The molecule has 0 aliphatic carbocycles. The van der Waals surface area contributed by atoms with Gasteiger partial charge in [-0.2, -0.15) is 0 Å². The van der Waals surface area contributed by atoms with Crippen molar-refractivity contribution in [1.29, 1.82) is 0 Å². The number of hydrogen-bond acceptors (Lipinski definition) is 10. The van der Waals surface area contributed by atoms with E-state index in [1.807, 2.05) is 30.3 Å². The van der Waals surface area contributed by atoms with Gasteiger partial charge in [-0.1, -0.05) is 35.1 Å². The first-order valence-electron chi connectivity index (χ1n) is 12.0. The van der Waals surface area contributed by atoms with Gasteiger partial charge in [0.15, 0.2) is 5.76 Å². The number of furan rings is 2. The van der Waals surface area contributed by atoms with Crippen LogP contribution in [0, 0.1) is 0 Å². The lowest BCUT2D eigenvalue weighted by Crippen LogP contribution is -2.71. The van der Waals surface area contributed by atoms with Crippen molar-refractivity contribution in [3.05, 3.63) is 76.7 Å². The lowest BCUT2D eigenvalue weighted by molar-refractivity contribution is -0.150. The predicted octanol–water partition coefficient (Wildman–Crippen LogP) is 3.51. The lowest BCUT2D eigenvalue weighted by Gasteiger charge is -2.49. The topological polar surface area (TPSA) is 155 Å². The third kappa shape index (κ3) is 4.31. The van der Waals surface area contributed by atoms with Gasteiger partial charge in [0, 0.05) is 26.3 Å². The molecule has 2 amide bonds. The van der Waals surface area contributed by atoms with Crippen LogP contribution >= 0.6 is 23.5 Å². The van der Waals surface area contributed by atoms with Crippen LogP contribution in [0.3, 0.4) is 0 Å². The van der Waals surface area contributed by atoms with Crippen LogP contribution in [-0.2, 0) is 25.8 Å². The summed E-state index contributed by atoms with van der Waals surface area (Å²) >= 11 is 2.62. The first kappa shape index (κ1) is 26.0. The fourth-order valence-electron chi connectivity index (χ4n) is 4.74. The first-order chi connectivity index (χ1) is 19.4. The molecule has 6 rings (SSSR count). The monoisotopic (exact) mass is 579 g/mol. The van der Waals surface area contributed by atoms with Crippen LogP contribution in [0.5, 0.6) is 0 Å². The van der Waals surface area contributed by atoms with Crippen LogP contribution in [0.1, 0.15) is 11.3 Å². The molecule has 2 aliphatic heterocycles. The molecule has 3 N–H and O–H groups in total. The van der Waals surface area contributed by atoms with Crippen molar-refractivity contribution in [3.8, 4) is 0 Å². The summed E-state index contributed by atoms with van der Waals surface area (Å²) in [5, 5.41) is 27.0. The molecule has 4 aromatic rings. The van der Waals surface area contributed by atoms with E-state index in [2.05, 4.69) is 10.5 Å². The van der Waals surface area contributed by atoms with E-state index in [1.165, 1.54) is 47.9 Å². The van der Waals surface area contributed by atoms with Gasteiger partial charge in [0.25, 0.3) is 11.8 Å². The van der Waals surface area contributed by atoms with Crippen molar-refractivity contribution in [2.45, 2.75) is 22.9 Å². The third-order valence-corrected chi connectivity index (χ3v) is 9.12. The molecule has 204 valence electrons. The van der Waals surface area contributed by atoms with E-state index in [0.29, 0.717) is 27.4 Å². The van der Waals surface area contributed by atoms with E-state index in [4.69, 9.17) is 13.7 Å². The van der Waals surface area contributed by atoms with Crippen molar-refractivity contribution in [2.75, 3.05) is 12.9 Å². The van der Waals surface area contributed by atoms with Gasteiger partial charge in [0.05, 0.1) is 12.9 Å². The molecule has 1 saturated heterocycles. The largest absolute Gasteiger partial charge is 0.477 e. The minimum atomic E-state index is -1.24. The number of amides is 2. The van der Waals surface area contributed by atoms with Gasteiger partial charge in [0.1, 0.15) is 35.4 Å². The summed E-state index contributed by atoms with van der Waals surface area (Å²) in [6.07, 6.45) is 1.38. The normalized spacial score (nSPS) is 19.1. The highest BCUT2D eigenvalue weighted by molar-refractivity contribution is 8.06. The molecule has 2 aromatic carbocycles. The Morgan fingerprint density at radius 2 is 2.08 bits per heavy atom. The van der Waals surface area contributed by atoms with E-state index in [9.17, 15) is 24.6 Å². The van der Waals surface area contributed by atoms with Crippen LogP contribution in [0.15, 0.2) is 84.3 Å². The number of carboxylic acids is 1. The van der Waals surface area contributed by atoms with Crippen LogP contribution in [0.25, 0.3) is 21.9 Å². The number of fused-ring (bicyclic) bond motifs is 4. The maximum absolute atomic E-state index is 13.2. The van der Waals surface area contributed by atoms with Gasteiger partial charge >= 0.3 is 5.97 Å².